The first kappa shape index (κ1) is 19.2. The van der Waals surface area contributed by atoms with E-state index in [0.717, 1.165) is 59.5 Å². The van der Waals surface area contributed by atoms with Crippen LogP contribution >= 0.6 is 0 Å². The van der Waals surface area contributed by atoms with E-state index in [1.165, 1.54) is 0 Å². The number of hydrogen-bond donors (Lipinski definition) is 1. The van der Waals surface area contributed by atoms with Crippen LogP contribution in [0.25, 0.3) is 22.3 Å². The molecule has 0 unspecified atom stereocenters. The average Bonchev–Trinajstić information content (AvgIpc) is 3.49. The molecule has 0 aliphatic carbocycles. The van der Waals surface area contributed by atoms with Crippen molar-refractivity contribution in [2.75, 3.05) is 20.2 Å². The predicted molar refractivity (Wildman–Crippen MR) is 118 cm³/mol. The number of amides is 1. The molecule has 156 valence electrons. The van der Waals surface area contributed by atoms with Gasteiger partial charge in [0.15, 0.2) is 0 Å². The van der Waals surface area contributed by atoms with Crippen molar-refractivity contribution in [1.82, 2.24) is 24.8 Å². The molecule has 1 N–H and O–H groups in total. The maximum atomic E-state index is 12.7. The Morgan fingerprint density at radius 2 is 1.87 bits per heavy atom. The van der Waals surface area contributed by atoms with Crippen molar-refractivity contribution in [2.24, 2.45) is 0 Å². The molecule has 0 saturated carbocycles. The van der Waals surface area contributed by atoms with E-state index in [-0.39, 0.29) is 5.91 Å². The van der Waals surface area contributed by atoms with Gasteiger partial charge in [0.25, 0.3) is 5.91 Å². The van der Waals surface area contributed by atoms with Crippen LogP contribution in [0.15, 0.2) is 54.9 Å². The molecule has 1 aliphatic heterocycles. The number of pyridine rings is 1. The summed E-state index contributed by atoms with van der Waals surface area (Å²) in [4.78, 5) is 31.3. The van der Waals surface area contributed by atoms with Crippen LogP contribution in [-0.2, 0) is 6.42 Å². The van der Waals surface area contributed by atoms with Crippen molar-refractivity contribution in [1.29, 1.82) is 0 Å². The molecule has 7 nitrogen and oxygen atoms in total. The van der Waals surface area contributed by atoms with E-state index in [9.17, 15) is 4.79 Å². The molecule has 7 heteroatoms. The molecular weight excluding hydrogens is 390 g/mol. The number of nitrogens with zero attached hydrogens (tertiary/aromatic N) is 4. The Bertz CT molecular complexity index is 1240. The molecule has 5 rings (SSSR count). The van der Waals surface area contributed by atoms with Gasteiger partial charge in [-0.05, 0) is 48.7 Å². The Kier molecular flexibility index (Phi) is 5.08. The summed E-state index contributed by atoms with van der Waals surface area (Å²) in [5.74, 6) is 1.53. The molecule has 0 atom stereocenters. The Hall–Kier alpha value is -3.74. The average molecular weight is 413 g/mol. The zero-order valence-corrected chi connectivity index (χ0v) is 17.3. The quantitative estimate of drug-likeness (QED) is 0.537. The van der Waals surface area contributed by atoms with Gasteiger partial charge in [-0.1, -0.05) is 6.07 Å². The minimum absolute atomic E-state index is 0.0806. The summed E-state index contributed by atoms with van der Waals surface area (Å²) >= 11 is 0. The van der Waals surface area contributed by atoms with Gasteiger partial charge in [-0.15, -0.1) is 0 Å². The van der Waals surface area contributed by atoms with E-state index in [4.69, 9.17) is 4.74 Å². The maximum absolute atomic E-state index is 12.7. The lowest BCUT2D eigenvalue weighted by Gasteiger charge is -2.13. The van der Waals surface area contributed by atoms with E-state index >= 15 is 0 Å². The first-order valence-electron chi connectivity index (χ1n) is 10.4. The van der Waals surface area contributed by atoms with Gasteiger partial charge >= 0.3 is 0 Å². The number of benzene rings is 1. The highest BCUT2D eigenvalue weighted by molar-refractivity contribution is 5.98. The summed E-state index contributed by atoms with van der Waals surface area (Å²) in [7, 11) is 1.63. The van der Waals surface area contributed by atoms with Crippen LogP contribution in [0.3, 0.4) is 0 Å². The lowest BCUT2D eigenvalue weighted by Crippen LogP contribution is -2.27. The summed E-state index contributed by atoms with van der Waals surface area (Å²) in [6.45, 7) is 1.69. The number of fused-ring (bicyclic) bond motifs is 1. The van der Waals surface area contributed by atoms with Gasteiger partial charge in [-0.25, -0.2) is 9.97 Å². The van der Waals surface area contributed by atoms with Gasteiger partial charge in [0.05, 0.1) is 18.5 Å². The Morgan fingerprint density at radius 3 is 2.71 bits per heavy atom. The summed E-state index contributed by atoms with van der Waals surface area (Å²) in [6, 6.07) is 13.6. The van der Waals surface area contributed by atoms with Gasteiger partial charge in [-0.3, -0.25) is 9.78 Å². The SMILES string of the molecule is COc1ccnc(-c2ccnc(Cc3ccc4[nH]c(C(=O)N5CCCC5)cc4c3)n2)c1. The second kappa shape index (κ2) is 8.18. The van der Waals surface area contributed by atoms with E-state index < -0.39 is 0 Å². The fraction of sp³-hybridized carbons (Fsp3) is 0.250. The van der Waals surface area contributed by atoms with E-state index in [1.807, 2.05) is 35.2 Å². The molecule has 31 heavy (non-hydrogen) atoms. The first-order valence-corrected chi connectivity index (χ1v) is 10.4. The largest absolute Gasteiger partial charge is 0.497 e. The van der Waals surface area contributed by atoms with Crippen LogP contribution in [-0.4, -0.2) is 50.9 Å². The molecule has 1 aliphatic rings. The number of hydrogen-bond acceptors (Lipinski definition) is 5. The maximum Gasteiger partial charge on any atom is 0.270 e. The second-order valence-electron chi connectivity index (χ2n) is 7.72. The molecule has 4 aromatic rings. The van der Waals surface area contributed by atoms with Gasteiger partial charge < -0.3 is 14.6 Å². The van der Waals surface area contributed by atoms with Crippen molar-refractivity contribution in [2.45, 2.75) is 19.3 Å². The van der Waals surface area contributed by atoms with E-state index in [1.54, 1.807) is 25.6 Å². The molecule has 1 amide bonds. The molecule has 0 radical (unpaired) electrons. The number of aromatic amines is 1. The number of methoxy groups -OCH3 is 1. The van der Waals surface area contributed by atoms with Crippen molar-refractivity contribution in [3.05, 3.63) is 71.9 Å². The monoisotopic (exact) mass is 413 g/mol. The fourth-order valence-electron chi connectivity index (χ4n) is 3.99. The topological polar surface area (TPSA) is 84.0 Å². The fourth-order valence-corrected chi connectivity index (χ4v) is 3.99. The Morgan fingerprint density at radius 1 is 1.03 bits per heavy atom. The third-order valence-corrected chi connectivity index (χ3v) is 5.61. The van der Waals surface area contributed by atoms with Gasteiger partial charge in [0, 0.05) is 48.9 Å². The highest BCUT2D eigenvalue weighted by atomic mass is 16.5. The number of carbonyl (C=O) groups excluding carboxylic acids is 1. The van der Waals surface area contributed by atoms with E-state index in [0.29, 0.717) is 17.9 Å². The predicted octanol–water partition coefficient (Wildman–Crippen LogP) is 3.86. The summed E-state index contributed by atoms with van der Waals surface area (Å²) in [5, 5.41) is 1.02. The number of H-pyrrole nitrogens is 1. The number of rotatable bonds is 5. The molecule has 4 heterocycles. The molecule has 1 fully saturated rings. The molecular formula is C24H23N5O2. The molecule has 0 spiro atoms. The third-order valence-electron chi connectivity index (χ3n) is 5.61. The minimum Gasteiger partial charge on any atom is -0.497 e. The number of nitrogens with one attached hydrogen (secondary N) is 1. The van der Waals surface area contributed by atoms with Crippen LogP contribution in [0, 0.1) is 0 Å². The molecule has 0 bridgehead atoms. The number of ether oxygens (including phenoxy) is 1. The third kappa shape index (κ3) is 3.99. The zero-order chi connectivity index (χ0) is 21.2. The van der Waals surface area contributed by atoms with E-state index in [2.05, 4.69) is 26.0 Å². The zero-order valence-electron chi connectivity index (χ0n) is 17.3. The lowest BCUT2D eigenvalue weighted by atomic mass is 10.1. The minimum atomic E-state index is 0.0806. The van der Waals surface area contributed by atoms with Crippen LogP contribution < -0.4 is 4.74 Å². The van der Waals surface area contributed by atoms with Crippen LogP contribution in [0.2, 0.25) is 0 Å². The smallest absolute Gasteiger partial charge is 0.270 e. The molecule has 1 aromatic carbocycles. The summed E-state index contributed by atoms with van der Waals surface area (Å²) in [5.41, 5.74) is 4.19. The van der Waals surface area contributed by atoms with Crippen LogP contribution in [0.1, 0.15) is 34.7 Å². The Balaban J connectivity index is 1.38. The van der Waals surface area contributed by atoms with Crippen molar-refractivity contribution in [3.63, 3.8) is 0 Å². The van der Waals surface area contributed by atoms with Gasteiger partial charge in [-0.2, -0.15) is 0 Å². The number of carbonyl (C=O) groups is 1. The second-order valence-corrected chi connectivity index (χ2v) is 7.72. The lowest BCUT2D eigenvalue weighted by molar-refractivity contribution is 0.0788. The number of likely N-dealkylation sites (tertiary alicyclic amines) is 1. The normalized spacial score (nSPS) is 13.6. The Labute approximate surface area is 180 Å². The van der Waals surface area contributed by atoms with Gasteiger partial charge in [0.2, 0.25) is 0 Å². The van der Waals surface area contributed by atoms with Crippen molar-refractivity contribution < 1.29 is 9.53 Å². The van der Waals surface area contributed by atoms with Crippen LogP contribution in [0.5, 0.6) is 5.75 Å². The summed E-state index contributed by atoms with van der Waals surface area (Å²) < 4.78 is 5.28. The standard InChI is InChI=1S/C24H23N5O2/c1-31-18-6-8-25-21(15-18)20-7-9-26-23(28-20)13-16-4-5-19-17(12-16)14-22(27-19)24(30)29-10-2-3-11-29/h4-9,12,14-15,27H,2-3,10-11,13H2,1H3. The first-order chi connectivity index (χ1) is 15.2. The van der Waals surface area contributed by atoms with Crippen molar-refractivity contribution >= 4 is 16.8 Å². The molecule has 1 saturated heterocycles. The highest BCUT2D eigenvalue weighted by Gasteiger charge is 2.21. The summed E-state index contributed by atoms with van der Waals surface area (Å²) in [6.07, 6.45) is 6.21. The number of aromatic nitrogens is 4. The van der Waals surface area contributed by atoms with Gasteiger partial charge in [0.1, 0.15) is 17.3 Å². The van der Waals surface area contributed by atoms with Crippen molar-refractivity contribution in [3.8, 4) is 17.1 Å². The molecule has 3 aromatic heterocycles. The highest BCUT2D eigenvalue weighted by Crippen LogP contribution is 2.22. The van der Waals surface area contributed by atoms with Crippen LogP contribution in [0.4, 0.5) is 0 Å².